The van der Waals surface area contributed by atoms with Gasteiger partial charge in [0, 0.05) is 11.6 Å². The zero-order chi connectivity index (χ0) is 12.0. The van der Waals surface area contributed by atoms with Crippen molar-refractivity contribution < 1.29 is 13.5 Å². The van der Waals surface area contributed by atoms with Gasteiger partial charge in [-0.15, -0.1) is 0 Å². The molecule has 0 amide bonds. The van der Waals surface area contributed by atoms with Crippen LogP contribution in [0.25, 0.3) is 0 Å². The molecule has 0 aromatic heterocycles. The Labute approximate surface area is 100 Å². The zero-order valence-electron chi connectivity index (χ0n) is 8.69. The van der Waals surface area contributed by atoms with Crippen LogP contribution < -0.4 is 4.72 Å². The van der Waals surface area contributed by atoms with Gasteiger partial charge < -0.3 is 5.11 Å². The smallest absolute Gasteiger partial charge is 0.213 e. The minimum Gasteiger partial charge on any atom is -0.395 e. The van der Waals surface area contributed by atoms with Gasteiger partial charge in [-0.1, -0.05) is 23.7 Å². The Morgan fingerprint density at radius 3 is 2.44 bits per heavy atom. The second-order valence-electron chi connectivity index (χ2n) is 3.31. The quantitative estimate of drug-likeness (QED) is 0.798. The lowest BCUT2D eigenvalue weighted by atomic mass is 10.2. The monoisotopic (exact) mass is 263 g/mol. The molecule has 0 atom stereocenters. The van der Waals surface area contributed by atoms with Gasteiger partial charge in [0.15, 0.2) is 0 Å². The Bertz CT molecular complexity index is 416. The predicted octanol–water partition coefficient (Wildman–Crippen LogP) is 0.794. The molecule has 0 aliphatic heterocycles. The van der Waals surface area contributed by atoms with Crippen LogP contribution in [0.4, 0.5) is 0 Å². The Balaban J connectivity index is 2.39. The third-order valence-corrected chi connectivity index (χ3v) is 3.62. The van der Waals surface area contributed by atoms with Crippen LogP contribution in [-0.4, -0.2) is 32.4 Å². The maximum absolute atomic E-state index is 11.2. The summed E-state index contributed by atoms with van der Waals surface area (Å²) < 4.78 is 24.8. The fourth-order valence-corrected chi connectivity index (χ4v) is 2.12. The molecule has 0 unspecified atom stereocenters. The Kier molecular flexibility index (Phi) is 5.21. The van der Waals surface area contributed by atoms with Crippen molar-refractivity contribution in [1.29, 1.82) is 0 Å². The summed E-state index contributed by atoms with van der Waals surface area (Å²) in [6.45, 7) is -0.0414. The van der Waals surface area contributed by atoms with E-state index >= 15 is 0 Å². The molecule has 1 aromatic carbocycles. The standard InChI is InChI=1S/C10H14ClNO3S/c11-10-3-1-9(2-4-10)5-6-12-16(14,15)8-7-13/h1-4,12-13H,5-8H2. The minimum atomic E-state index is -3.34. The third-order valence-electron chi connectivity index (χ3n) is 2.01. The molecule has 0 heterocycles. The van der Waals surface area contributed by atoms with E-state index in [4.69, 9.17) is 16.7 Å². The highest BCUT2D eigenvalue weighted by atomic mass is 35.5. The summed E-state index contributed by atoms with van der Waals surface area (Å²) >= 11 is 5.72. The second-order valence-corrected chi connectivity index (χ2v) is 5.68. The van der Waals surface area contributed by atoms with Crippen molar-refractivity contribution in [2.24, 2.45) is 0 Å². The number of sulfonamides is 1. The first-order valence-electron chi connectivity index (χ1n) is 4.86. The molecule has 1 aromatic rings. The third kappa shape index (κ3) is 4.94. The molecule has 4 nitrogen and oxygen atoms in total. The summed E-state index contributed by atoms with van der Waals surface area (Å²) in [5.74, 6) is -0.256. The van der Waals surface area contributed by atoms with Gasteiger partial charge in [0.25, 0.3) is 0 Å². The van der Waals surface area contributed by atoms with Gasteiger partial charge in [-0.25, -0.2) is 13.1 Å². The van der Waals surface area contributed by atoms with Gasteiger partial charge in [0.2, 0.25) is 10.0 Å². The van der Waals surface area contributed by atoms with Gasteiger partial charge in [0.1, 0.15) is 0 Å². The average Bonchev–Trinajstić information content (AvgIpc) is 2.20. The maximum atomic E-state index is 11.2. The Morgan fingerprint density at radius 2 is 1.88 bits per heavy atom. The average molecular weight is 264 g/mol. The van der Waals surface area contributed by atoms with Gasteiger partial charge >= 0.3 is 0 Å². The molecule has 2 N–H and O–H groups in total. The number of nitrogens with one attached hydrogen (secondary N) is 1. The summed E-state index contributed by atoms with van der Waals surface area (Å²) in [5, 5.41) is 9.17. The van der Waals surface area contributed by atoms with E-state index in [1.807, 2.05) is 12.1 Å². The lowest BCUT2D eigenvalue weighted by Gasteiger charge is -2.05. The lowest BCUT2D eigenvalue weighted by molar-refractivity contribution is 0.319. The highest BCUT2D eigenvalue weighted by Crippen LogP contribution is 2.09. The van der Waals surface area contributed by atoms with Crippen LogP contribution in [0, 0.1) is 0 Å². The first-order chi connectivity index (χ1) is 7.53. The molecule has 16 heavy (non-hydrogen) atoms. The minimum absolute atomic E-state index is 0.256. The Morgan fingerprint density at radius 1 is 1.25 bits per heavy atom. The number of aliphatic hydroxyl groups excluding tert-OH is 1. The summed E-state index contributed by atoms with van der Waals surface area (Å²) in [6, 6.07) is 7.23. The van der Waals surface area contributed by atoms with Crippen LogP contribution in [0.5, 0.6) is 0 Å². The number of benzene rings is 1. The van der Waals surface area contributed by atoms with Crippen LogP contribution in [-0.2, 0) is 16.4 Å². The molecule has 0 saturated carbocycles. The fraction of sp³-hybridized carbons (Fsp3) is 0.400. The lowest BCUT2D eigenvalue weighted by Crippen LogP contribution is -2.29. The van der Waals surface area contributed by atoms with Crippen molar-refractivity contribution in [3.63, 3.8) is 0 Å². The van der Waals surface area contributed by atoms with Crippen LogP contribution in [0.1, 0.15) is 5.56 Å². The van der Waals surface area contributed by atoms with E-state index < -0.39 is 10.0 Å². The first kappa shape index (κ1) is 13.4. The van der Waals surface area contributed by atoms with Crippen molar-refractivity contribution in [2.45, 2.75) is 6.42 Å². The SMILES string of the molecule is O=S(=O)(CCO)NCCc1ccc(Cl)cc1. The predicted molar refractivity (Wildman–Crippen MR) is 64.0 cm³/mol. The van der Waals surface area contributed by atoms with Crippen molar-refractivity contribution in [3.05, 3.63) is 34.9 Å². The molecular weight excluding hydrogens is 250 g/mol. The van der Waals surface area contributed by atoms with Gasteiger partial charge in [0.05, 0.1) is 12.4 Å². The topological polar surface area (TPSA) is 66.4 Å². The molecule has 0 aliphatic rings. The normalized spacial score (nSPS) is 11.6. The zero-order valence-corrected chi connectivity index (χ0v) is 10.3. The van der Waals surface area contributed by atoms with Crippen molar-refractivity contribution >= 4 is 21.6 Å². The molecule has 0 radical (unpaired) electrons. The molecule has 0 bridgehead atoms. The highest BCUT2D eigenvalue weighted by molar-refractivity contribution is 7.89. The molecule has 6 heteroatoms. The van der Waals surface area contributed by atoms with E-state index in [0.29, 0.717) is 18.0 Å². The van der Waals surface area contributed by atoms with Gasteiger partial charge in [-0.2, -0.15) is 0 Å². The molecule has 0 spiro atoms. The van der Waals surface area contributed by atoms with E-state index in [1.165, 1.54) is 0 Å². The number of hydrogen-bond donors (Lipinski definition) is 2. The fourth-order valence-electron chi connectivity index (χ4n) is 1.19. The summed E-state index contributed by atoms with van der Waals surface area (Å²) in [4.78, 5) is 0. The van der Waals surface area contributed by atoms with E-state index in [1.54, 1.807) is 12.1 Å². The van der Waals surface area contributed by atoms with Crippen LogP contribution in [0.3, 0.4) is 0 Å². The van der Waals surface area contributed by atoms with E-state index in [9.17, 15) is 8.42 Å². The van der Waals surface area contributed by atoms with Crippen LogP contribution >= 0.6 is 11.6 Å². The highest BCUT2D eigenvalue weighted by Gasteiger charge is 2.07. The summed E-state index contributed by atoms with van der Waals surface area (Å²) in [5.41, 5.74) is 1.01. The van der Waals surface area contributed by atoms with E-state index in [2.05, 4.69) is 4.72 Å². The van der Waals surface area contributed by atoms with Gasteiger partial charge in [-0.3, -0.25) is 0 Å². The van der Waals surface area contributed by atoms with Crippen LogP contribution in [0.2, 0.25) is 5.02 Å². The van der Waals surface area contributed by atoms with Crippen molar-refractivity contribution in [3.8, 4) is 0 Å². The van der Waals surface area contributed by atoms with E-state index in [0.717, 1.165) is 5.56 Å². The molecule has 0 saturated heterocycles. The molecular formula is C10H14ClNO3S. The molecule has 0 fully saturated rings. The second kappa shape index (κ2) is 6.20. The maximum Gasteiger partial charge on any atom is 0.213 e. The first-order valence-corrected chi connectivity index (χ1v) is 6.89. The Hall–Kier alpha value is -0.620. The van der Waals surface area contributed by atoms with Crippen molar-refractivity contribution in [2.75, 3.05) is 18.9 Å². The van der Waals surface area contributed by atoms with Gasteiger partial charge in [-0.05, 0) is 24.1 Å². The summed E-state index contributed by atoms with van der Waals surface area (Å²) in [7, 11) is -3.34. The molecule has 90 valence electrons. The number of aliphatic hydroxyl groups is 1. The largest absolute Gasteiger partial charge is 0.395 e. The van der Waals surface area contributed by atoms with Crippen LogP contribution in [0.15, 0.2) is 24.3 Å². The molecule has 0 aliphatic carbocycles. The number of rotatable bonds is 6. The van der Waals surface area contributed by atoms with E-state index in [-0.39, 0.29) is 12.4 Å². The molecule has 1 rings (SSSR count). The number of hydrogen-bond acceptors (Lipinski definition) is 3. The summed E-state index contributed by atoms with van der Waals surface area (Å²) in [6.07, 6.45) is 0.599. The number of halogens is 1. The van der Waals surface area contributed by atoms with Crippen molar-refractivity contribution in [1.82, 2.24) is 4.72 Å².